The third kappa shape index (κ3) is 5.35. The molecule has 19 heavy (non-hydrogen) atoms. The molecule has 1 unspecified atom stereocenters. The molecule has 1 aromatic rings. The van der Waals surface area contributed by atoms with Crippen LogP contribution in [0.3, 0.4) is 0 Å². The van der Waals surface area contributed by atoms with E-state index < -0.39 is 0 Å². The van der Waals surface area contributed by atoms with Gasteiger partial charge in [0, 0.05) is 13.1 Å². The zero-order chi connectivity index (χ0) is 14.1. The summed E-state index contributed by atoms with van der Waals surface area (Å²) in [4.78, 5) is 0. The molecule has 0 saturated carbocycles. The van der Waals surface area contributed by atoms with E-state index in [4.69, 9.17) is 0 Å². The quantitative estimate of drug-likeness (QED) is 0.648. The van der Waals surface area contributed by atoms with Crippen LogP contribution in [0.1, 0.15) is 76.2 Å². The highest BCUT2D eigenvalue weighted by Crippen LogP contribution is 2.20. The first kappa shape index (κ1) is 16.2. The lowest BCUT2D eigenvalue weighted by Crippen LogP contribution is -2.19. The molecular formula is C16H31N3. The molecule has 0 radical (unpaired) electrons. The van der Waals surface area contributed by atoms with E-state index in [1.165, 1.54) is 56.3 Å². The molecule has 0 bridgehead atoms. The van der Waals surface area contributed by atoms with E-state index in [1.807, 2.05) is 4.68 Å². The molecular weight excluding hydrogens is 234 g/mol. The standard InChI is InChI=1S/C16H31N3/c1-5-7-8-9-10-11-12-15(17-3)16-13-14(6-2)18-19(16)4/h13,15,17H,5-12H2,1-4H3. The van der Waals surface area contributed by atoms with Crippen LogP contribution in [-0.4, -0.2) is 16.8 Å². The Hall–Kier alpha value is -0.830. The highest BCUT2D eigenvalue weighted by Gasteiger charge is 2.14. The molecule has 0 aromatic carbocycles. The summed E-state index contributed by atoms with van der Waals surface area (Å²) in [5, 5.41) is 7.98. The molecule has 0 aliphatic rings. The average molecular weight is 265 g/mol. The Balaban J connectivity index is 2.38. The maximum Gasteiger partial charge on any atom is 0.0625 e. The predicted molar refractivity (Wildman–Crippen MR) is 82.4 cm³/mol. The van der Waals surface area contributed by atoms with Crippen molar-refractivity contribution in [2.45, 2.75) is 71.3 Å². The van der Waals surface area contributed by atoms with E-state index in [1.54, 1.807) is 0 Å². The van der Waals surface area contributed by atoms with E-state index in [0.29, 0.717) is 6.04 Å². The molecule has 0 aliphatic carbocycles. The van der Waals surface area contributed by atoms with Crippen molar-refractivity contribution in [1.82, 2.24) is 15.1 Å². The van der Waals surface area contributed by atoms with Crippen LogP contribution < -0.4 is 5.32 Å². The third-order valence-electron chi connectivity index (χ3n) is 3.88. The van der Waals surface area contributed by atoms with Crippen molar-refractivity contribution in [3.8, 4) is 0 Å². The van der Waals surface area contributed by atoms with Crippen LogP contribution in [0.15, 0.2) is 6.07 Å². The minimum absolute atomic E-state index is 0.448. The second-order valence-corrected chi connectivity index (χ2v) is 5.44. The van der Waals surface area contributed by atoms with E-state index in [0.717, 1.165) is 6.42 Å². The van der Waals surface area contributed by atoms with Gasteiger partial charge in [0.05, 0.1) is 11.4 Å². The normalized spacial score (nSPS) is 12.8. The molecule has 1 rings (SSSR count). The summed E-state index contributed by atoms with van der Waals surface area (Å²) in [5.74, 6) is 0. The van der Waals surface area contributed by atoms with Gasteiger partial charge in [0.1, 0.15) is 0 Å². The lowest BCUT2D eigenvalue weighted by atomic mass is 10.0. The van der Waals surface area contributed by atoms with Gasteiger partial charge in [0.2, 0.25) is 0 Å². The van der Waals surface area contributed by atoms with Crippen molar-refractivity contribution in [2.75, 3.05) is 7.05 Å². The topological polar surface area (TPSA) is 29.9 Å². The number of nitrogens with one attached hydrogen (secondary N) is 1. The monoisotopic (exact) mass is 265 g/mol. The predicted octanol–water partition coefficient (Wildman–Crippen LogP) is 3.99. The fourth-order valence-electron chi connectivity index (χ4n) is 2.61. The van der Waals surface area contributed by atoms with Crippen LogP contribution in [0.5, 0.6) is 0 Å². The van der Waals surface area contributed by atoms with Gasteiger partial charge < -0.3 is 5.32 Å². The Labute approximate surface area is 118 Å². The van der Waals surface area contributed by atoms with Crippen LogP contribution in [0, 0.1) is 0 Å². The van der Waals surface area contributed by atoms with E-state index in [2.05, 4.69) is 44.4 Å². The van der Waals surface area contributed by atoms with Crippen molar-refractivity contribution < 1.29 is 0 Å². The molecule has 0 spiro atoms. The third-order valence-corrected chi connectivity index (χ3v) is 3.88. The highest BCUT2D eigenvalue weighted by atomic mass is 15.3. The smallest absolute Gasteiger partial charge is 0.0625 e. The average Bonchev–Trinajstić information content (AvgIpc) is 2.79. The van der Waals surface area contributed by atoms with Crippen molar-refractivity contribution in [1.29, 1.82) is 0 Å². The van der Waals surface area contributed by atoms with Crippen LogP contribution in [0.4, 0.5) is 0 Å². The Morgan fingerprint density at radius 2 is 1.84 bits per heavy atom. The van der Waals surface area contributed by atoms with Gasteiger partial charge in [-0.3, -0.25) is 4.68 Å². The number of rotatable bonds is 10. The molecule has 0 saturated heterocycles. The lowest BCUT2D eigenvalue weighted by Gasteiger charge is -2.16. The minimum Gasteiger partial charge on any atom is -0.312 e. The van der Waals surface area contributed by atoms with Crippen LogP contribution >= 0.6 is 0 Å². The largest absolute Gasteiger partial charge is 0.312 e. The van der Waals surface area contributed by atoms with Gasteiger partial charge in [-0.2, -0.15) is 5.10 Å². The van der Waals surface area contributed by atoms with Gasteiger partial charge in [-0.15, -0.1) is 0 Å². The Morgan fingerprint density at radius 3 is 2.42 bits per heavy atom. The summed E-state index contributed by atoms with van der Waals surface area (Å²) in [6, 6.07) is 2.70. The van der Waals surface area contributed by atoms with Crippen LogP contribution in [0.25, 0.3) is 0 Å². The second kappa shape index (κ2) is 9.13. The molecule has 0 aliphatic heterocycles. The van der Waals surface area contributed by atoms with E-state index >= 15 is 0 Å². The Bertz CT molecular complexity index is 344. The number of hydrogen-bond donors (Lipinski definition) is 1. The molecule has 0 amide bonds. The maximum absolute atomic E-state index is 4.54. The maximum atomic E-state index is 4.54. The van der Waals surface area contributed by atoms with E-state index in [-0.39, 0.29) is 0 Å². The Kier molecular flexibility index (Phi) is 7.80. The van der Waals surface area contributed by atoms with E-state index in [9.17, 15) is 0 Å². The number of aryl methyl sites for hydroxylation is 2. The molecule has 1 N–H and O–H groups in total. The van der Waals surface area contributed by atoms with Crippen molar-refractivity contribution in [2.24, 2.45) is 7.05 Å². The van der Waals surface area contributed by atoms with Crippen molar-refractivity contribution >= 4 is 0 Å². The molecule has 3 heteroatoms. The number of nitrogens with zero attached hydrogens (tertiary/aromatic N) is 2. The molecule has 110 valence electrons. The first-order valence-corrected chi connectivity index (χ1v) is 7.93. The van der Waals surface area contributed by atoms with Crippen LogP contribution in [-0.2, 0) is 13.5 Å². The fourth-order valence-corrected chi connectivity index (χ4v) is 2.61. The summed E-state index contributed by atoms with van der Waals surface area (Å²) in [6.07, 6.45) is 10.4. The van der Waals surface area contributed by atoms with Crippen molar-refractivity contribution in [3.63, 3.8) is 0 Å². The van der Waals surface area contributed by atoms with Gasteiger partial charge in [-0.1, -0.05) is 52.4 Å². The van der Waals surface area contributed by atoms with Gasteiger partial charge in [0.15, 0.2) is 0 Å². The van der Waals surface area contributed by atoms with Gasteiger partial charge >= 0.3 is 0 Å². The summed E-state index contributed by atoms with van der Waals surface area (Å²) in [6.45, 7) is 4.43. The van der Waals surface area contributed by atoms with Crippen LogP contribution in [0.2, 0.25) is 0 Å². The van der Waals surface area contributed by atoms with Gasteiger partial charge in [0.25, 0.3) is 0 Å². The van der Waals surface area contributed by atoms with Gasteiger partial charge in [-0.05, 0) is 26.0 Å². The minimum atomic E-state index is 0.448. The van der Waals surface area contributed by atoms with Crippen molar-refractivity contribution in [3.05, 3.63) is 17.5 Å². The first-order valence-electron chi connectivity index (χ1n) is 7.93. The molecule has 0 fully saturated rings. The SMILES string of the molecule is CCCCCCCCC(NC)c1cc(CC)nn1C. The number of hydrogen-bond acceptors (Lipinski definition) is 2. The highest BCUT2D eigenvalue weighted by molar-refractivity contribution is 5.14. The summed E-state index contributed by atoms with van der Waals surface area (Å²) in [7, 11) is 4.11. The first-order chi connectivity index (χ1) is 9.22. The zero-order valence-electron chi connectivity index (χ0n) is 13.2. The molecule has 1 atom stereocenters. The Morgan fingerprint density at radius 1 is 1.16 bits per heavy atom. The summed E-state index contributed by atoms with van der Waals surface area (Å²) < 4.78 is 2.04. The molecule has 1 aromatic heterocycles. The zero-order valence-corrected chi connectivity index (χ0v) is 13.2. The fraction of sp³-hybridized carbons (Fsp3) is 0.812. The molecule has 3 nitrogen and oxygen atoms in total. The molecule has 1 heterocycles. The van der Waals surface area contributed by atoms with Gasteiger partial charge in [-0.25, -0.2) is 0 Å². The summed E-state index contributed by atoms with van der Waals surface area (Å²) >= 11 is 0. The second-order valence-electron chi connectivity index (χ2n) is 5.44. The summed E-state index contributed by atoms with van der Waals surface area (Å²) in [5.41, 5.74) is 2.52. The number of aromatic nitrogens is 2. The lowest BCUT2D eigenvalue weighted by molar-refractivity contribution is 0.471. The number of unbranched alkanes of at least 4 members (excludes halogenated alkanes) is 5.